The monoisotopic (exact) mass is 199 g/mol. The van der Waals surface area contributed by atoms with Crippen LogP contribution in [0.1, 0.15) is 12.8 Å². The lowest BCUT2D eigenvalue weighted by Gasteiger charge is -2.29. The van der Waals surface area contributed by atoms with E-state index in [1.165, 1.54) is 0 Å². The Morgan fingerprint density at radius 1 is 1.36 bits per heavy atom. The lowest BCUT2D eigenvalue weighted by atomic mass is 9.98. The van der Waals surface area contributed by atoms with E-state index in [0.29, 0.717) is 6.42 Å². The lowest BCUT2D eigenvalue weighted by Crippen LogP contribution is -2.50. The van der Waals surface area contributed by atoms with Gasteiger partial charge in [0.1, 0.15) is 11.8 Å². The van der Waals surface area contributed by atoms with Crippen molar-refractivity contribution in [3.8, 4) is 0 Å². The van der Waals surface area contributed by atoms with Crippen LogP contribution in [0, 0.1) is 5.92 Å². The molecule has 1 heterocycles. The fourth-order valence-corrected chi connectivity index (χ4v) is 2.40. The SMILES string of the molecule is O=C1CC2CC1C(C(=O)O)N2C(=O)O. The number of rotatable bonds is 1. The van der Waals surface area contributed by atoms with Crippen LogP contribution in [0.3, 0.4) is 0 Å². The number of fused-ring (bicyclic) bond motifs is 2. The summed E-state index contributed by atoms with van der Waals surface area (Å²) in [5, 5.41) is 17.6. The summed E-state index contributed by atoms with van der Waals surface area (Å²) in [6.07, 6.45) is -0.722. The van der Waals surface area contributed by atoms with E-state index in [1.807, 2.05) is 0 Å². The first kappa shape index (κ1) is 8.98. The number of nitrogens with zero attached hydrogens (tertiary/aromatic N) is 1. The molecule has 1 amide bonds. The van der Waals surface area contributed by atoms with Crippen molar-refractivity contribution in [2.45, 2.75) is 24.9 Å². The number of aliphatic carboxylic acids is 1. The number of Topliss-reactive ketones (excluding diaryl/α,β-unsaturated/α-hetero) is 1. The minimum absolute atomic E-state index is 0.125. The summed E-state index contributed by atoms with van der Waals surface area (Å²) in [5.74, 6) is -1.98. The second-order valence-electron chi connectivity index (χ2n) is 3.64. The Morgan fingerprint density at radius 3 is 2.50 bits per heavy atom. The number of amides is 1. The quantitative estimate of drug-likeness (QED) is 0.608. The number of hydrogen-bond donors (Lipinski definition) is 2. The van der Waals surface area contributed by atoms with Crippen LogP contribution in [0.15, 0.2) is 0 Å². The molecule has 1 aliphatic heterocycles. The molecule has 2 bridgehead atoms. The second kappa shape index (κ2) is 2.70. The molecule has 1 aliphatic carbocycles. The summed E-state index contributed by atoms with van der Waals surface area (Å²) in [6.45, 7) is 0. The van der Waals surface area contributed by atoms with Crippen molar-refractivity contribution in [1.82, 2.24) is 4.90 Å². The van der Waals surface area contributed by atoms with Crippen LogP contribution in [-0.4, -0.2) is 45.0 Å². The summed E-state index contributed by atoms with van der Waals surface area (Å²) < 4.78 is 0. The molecule has 6 nitrogen and oxygen atoms in total. The minimum Gasteiger partial charge on any atom is -0.480 e. The fraction of sp³-hybridized carbons (Fsp3) is 0.625. The number of hydrogen-bond acceptors (Lipinski definition) is 3. The summed E-state index contributed by atoms with van der Waals surface area (Å²) in [5.41, 5.74) is 0. The van der Waals surface area contributed by atoms with Gasteiger partial charge in [-0.2, -0.15) is 0 Å². The number of ketones is 1. The van der Waals surface area contributed by atoms with E-state index >= 15 is 0 Å². The van der Waals surface area contributed by atoms with Gasteiger partial charge in [-0.05, 0) is 6.42 Å². The maximum atomic E-state index is 11.2. The zero-order valence-electron chi connectivity index (χ0n) is 7.21. The molecule has 1 saturated heterocycles. The highest BCUT2D eigenvalue weighted by molar-refractivity contribution is 5.94. The standard InChI is InChI=1S/C8H9NO5/c10-5-2-3-1-4(5)6(7(11)12)9(3)8(13)14/h3-4,6H,1-2H2,(H,11,12)(H,13,14). The van der Waals surface area contributed by atoms with E-state index in [2.05, 4.69) is 0 Å². The maximum Gasteiger partial charge on any atom is 0.408 e. The third-order valence-electron chi connectivity index (χ3n) is 2.92. The Balaban J connectivity index is 2.32. The number of carbonyl (C=O) groups is 3. The van der Waals surface area contributed by atoms with Crippen molar-refractivity contribution in [1.29, 1.82) is 0 Å². The van der Waals surface area contributed by atoms with Crippen LogP contribution in [0.5, 0.6) is 0 Å². The van der Waals surface area contributed by atoms with Crippen LogP contribution in [0.25, 0.3) is 0 Å². The maximum absolute atomic E-state index is 11.2. The van der Waals surface area contributed by atoms with E-state index in [9.17, 15) is 14.4 Å². The molecule has 2 N–H and O–H groups in total. The van der Waals surface area contributed by atoms with Gasteiger partial charge >= 0.3 is 12.1 Å². The number of carboxylic acids is 1. The first-order valence-corrected chi connectivity index (χ1v) is 4.29. The third-order valence-corrected chi connectivity index (χ3v) is 2.92. The van der Waals surface area contributed by atoms with Crippen LogP contribution >= 0.6 is 0 Å². The van der Waals surface area contributed by atoms with Crippen LogP contribution in [0.2, 0.25) is 0 Å². The van der Waals surface area contributed by atoms with Gasteiger partial charge < -0.3 is 10.2 Å². The van der Waals surface area contributed by atoms with E-state index in [1.54, 1.807) is 0 Å². The highest BCUT2D eigenvalue weighted by Gasteiger charge is 2.56. The largest absolute Gasteiger partial charge is 0.480 e. The second-order valence-corrected chi connectivity index (χ2v) is 3.64. The van der Waals surface area contributed by atoms with E-state index < -0.39 is 30.1 Å². The Labute approximate surface area is 79.1 Å². The molecule has 2 aliphatic rings. The molecule has 14 heavy (non-hydrogen) atoms. The normalized spacial score (nSPS) is 35.0. The zero-order chi connectivity index (χ0) is 10.5. The third kappa shape index (κ3) is 0.997. The van der Waals surface area contributed by atoms with Crippen molar-refractivity contribution in [2.75, 3.05) is 0 Å². The highest BCUT2D eigenvalue weighted by Crippen LogP contribution is 2.40. The Hall–Kier alpha value is -1.59. The minimum atomic E-state index is -1.25. The Morgan fingerprint density at radius 2 is 2.00 bits per heavy atom. The fourth-order valence-electron chi connectivity index (χ4n) is 2.40. The summed E-state index contributed by atoms with van der Waals surface area (Å²) in [6, 6.07) is -1.59. The van der Waals surface area contributed by atoms with Gasteiger partial charge in [0.05, 0.1) is 5.92 Å². The molecular weight excluding hydrogens is 190 g/mol. The van der Waals surface area contributed by atoms with Gasteiger partial charge in [0, 0.05) is 12.5 Å². The lowest BCUT2D eigenvalue weighted by molar-refractivity contribution is -0.147. The molecular formula is C8H9NO5. The van der Waals surface area contributed by atoms with E-state index in [-0.39, 0.29) is 12.2 Å². The van der Waals surface area contributed by atoms with Gasteiger partial charge in [-0.3, -0.25) is 9.69 Å². The molecule has 0 radical (unpaired) electrons. The summed E-state index contributed by atoms with van der Waals surface area (Å²) in [7, 11) is 0. The number of piperidine rings is 1. The molecule has 2 fully saturated rings. The van der Waals surface area contributed by atoms with Gasteiger partial charge in [0.2, 0.25) is 0 Å². The van der Waals surface area contributed by atoms with Crippen LogP contribution < -0.4 is 0 Å². The van der Waals surface area contributed by atoms with Gasteiger partial charge in [0.15, 0.2) is 0 Å². The molecule has 0 aromatic rings. The number of carbonyl (C=O) groups excluding carboxylic acids is 1. The van der Waals surface area contributed by atoms with Crippen molar-refractivity contribution >= 4 is 17.8 Å². The topological polar surface area (TPSA) is 94.9 Å². The van der Waals surface area contributed by atoms with Crippen molar-refractivity contribution < 1.29 is 24.6 Å². The number of carboxylic acid groups (broad SMARTS) is 2. The van der Waals surface area contributed by atoms with Gasteiger partial charge in [-0.1, -0.05) is 0 Å². The average Bonchev–Trinajstić information content (AvgIpc) is 2.58. The predicted octanol–water partition coefficient (Wildman–Crippen LogP) is -0.219. The van der Waals surface area contributed by atoms with Gasteiger partial charge in [-0.15, -0.1) is 0 Å². The van der Waals surface area contributed by atoms with E-state index in [0.717, 1.165) is 4.90 Å². The smallest absolute Gasteiger partial charge is 0.408 e. The van der Waals surface area contributed by atoms with Crippen molar-refractivity contribution in [3.05, 3.63) is 0 Å². The Bertz CT molecular complexity index is 326. The first-order valence-electron chi connectivity index (χ1n) is 4.29. The Kier molecular flexibility index (Phi) is 1.73. The average molecular weight is 199 g/mol. The van der Waals surface area contributed by atoms with Gasteiger partial charge in [0.25, 0.3) is 0 Å². The van der Waals surface area contributed by atoms with Crippen LogP contribution in [-0.2, 0) is 9.59 Å². The zero-order valence-corrected chi connectivity index (χ0v) is 7.21. The number of likely N-dealkylation sites (tertiary alicyclic amines) is 1. The molecule has 2 rings (SSSR count). The van der Waals surface area contributed by atoms with Crippen molar-refractivity contribution in [2.24, 2.45) is 5.92 Å². The van der Waals surface area contributed by atoms with Crippen LogP contribution in [0.4, 0.5) is 4.79 Å². The van der Waals surface area contributed by atoms with E-state index in [4.69, 9.17) is 10.2 Å². The first-order chi connectivity index (χ1) is 6.52. The molecule has 76 valence electrons. The van der Waals surface area contributed by atoms with Crippen molar-refractivity contribution in [3.63, 3.8) is 0 Å². The molecule has 0 aromatic heterocycles. The molecule has 6 heteroatoms. The molecule has 0 aromatic carbocycles. The summed E-state index contributed by atoms with van der Waals surface area (Å²) >= 11 is 0. The predicted molar refractivity (Wildman–Crippen MR) is 42.8 cm³/mol. The van der Waals surface area contributed by atoms with Gasteiger partial charge in [-0.25, -0.2) is 9.59 Å². The molecule has 0 spiro atoms. The molecule has 1 saturated carbocycles. The molecule has 3 atom stereocenters. The summed E-state index contributed by atoms with van der Waals surface area (Å²) in [4.78, 5) is 33.7. The molecule has 3 unspecified atom stereocenters. The highest BCUT2D eigenvalue weighted by atomic mass is 16.4.